The van der Waals surface area contributed by atoms with Gasteiger partial charge in [0.05, 0.1) is 6.04 Å². The van der Waals surface area contributed by atoms with Crippen molar-refractivity contribution in [3.63, 3.8) is 0 Å². The molecule has 0 radical (unpaired) electrons. The maximum Gasteiger partial charge on any atom is 0.237 e. The van der Waals surface area contributed by atoms with E-state index in [4.69, 9.17) is 5.73 Å². The molecule has 0 aliphatic carbocycles. The molecular weight excluding hydrogens is 176 g/mol. The Bertz CT molecular complexity index is 204. The molecule has 0 aliphatic heterocycles. The van der Waals surface area contributed by atoms with Crippen molar-refractivity contribution in [1.29, 1.82) is 0 Å². The lowest BCUT2D eigenvalue weighted by Gasteiger charge is -2.31. The molecule has 0 aromatic carbocycles. The van der Waals surface area contributed by atoms with Crippen LogP contribution in [0.15, 0.2) is 0 Å². The molecule has 14 heavy (non-hydrogen) atoms. The first-order valence-corrected chi connectivity index (χ1v) is 5.18. The Kier molecular flexibility index (Phi) is 4.13. The van der Waals surface area contributed by atoms with Crippen LogP contribution in [0.5, 0.6) is 0 Å². The zero-order valence-corrected chi connectivity index (χ0v) is 10.3. The summed E-state index contributed by atoms with van der Waals surface area (Å²) in [5.41, 5.74) is 5.49. The fraction of sp³-hybridized carbons (Fsp3) is 0.909. The van der Waals surface area contributed by atoms with Crippen LogP contribution in [0.2, 0.25) is 0 Å². The SMILES string of the molecule is CCC(C)(C)NC(=O)[C@H](N)C(C)(C)C. The second kappa shape index (κ2) is 4.30. The number of carbonyl (C=O) groups is 1. The first-order valence-electron chi connectivity index (χ1n) is 5.18. The van der Waals surface area contributed by atoms with E-state index in [1.54, 1.807) is 0 Å². The molecule has 0 aromatic heterocycles. The Morgan fingerprint density at radius 3 is 2.00 bits per heavy atom. The normalized spacial score (nSPS) is 15.1. The van der Waals surface area contributed by atoms with Crippen LogP contribution in [0, 0.1) is 5.41 Å². The molecule has 0 fully saturated rings. The van der Waals surface area contributed by atoms with Crippen molar-refractivity contribution in [3.05, 3.63) is 0 Å². The highest BCUT2D eigenvalue weighted by Crippen LogP contribution is 2.18. The molecule has 0 aliphatic rings. The number of hydrogen-bond donors (Lipinski definition) is 2. The Morgan fingerprint density at radius 1 is 1.29 bits per heavy atom. The molecule has 1 atom stereocenters. The van der Waals surface area contributed by atoms with Crippen LogP contribution in [-0.4, -0.2) is 17.5 Å². The van der Waals surface area contributed by atoms with Crippen LogP contribution in [0.1, 0.15) is 48.0 Å². The van der Waals surface area contributed by atoms with E-state index in [1.807, 2.05) is 41.5 Å². The van der Waals surface area contributed by atoms with Crippen molar-refractivity contribution in [1.82, 2.24) is 5.32 Å². The predicted octanol–water partition coefficient (Wildman–Crippen LogP) is 1.66. The number of hydrogen-bond acceptors (Lipinski definition) is 2. The Morgan fingerprint density at radius 2 is 1.71 bits per heavy atom. The van der Waals surface area contributed by atoms with Crippen molar-refractivity contribution >= 4 is 5.91 Å². The molecule has 0 bridgehead atoms. The van der Waals surface area contributed by atoms with E-state index in [9.17, 15) is 4.79 Å². The van der Waals surface area contributed by atoms with Crippen molar-refractivity contribution in [2.75, 3.05) is 0 Å². The molecule has 0 heterocycles. The van der Waals surface area contributed by atoms with Crippen LogP contribution in [0.25, 0.3) is 0 Å². The van der Waals surface area contributed by atoms with Crippen LogP contribution < -0.4 is 11.1 Å². The summed E-state index contributed by atoms with van der Waals surface area (Å²) in [7, 11) is 0. The van der Waals surface area contributed by atoms with E-state index >= 15 is 0 Å². The zero-order valence-electron chi connectivity index (χ0n) is 10.3. The lowest BCUT2D eigenvalue weighted by Crippen LogP contribution is -2.54. The van der Waals surface area contributed by atoms with Crippen LogP contribution in [0.3, 0.4) is 0 Å². The molecule has 3 nitrogen and oxygen atoms in total. The first kappa shape index (κ1) is 13.4. The lowest BCUT2D eigenvalue weighted by atomic mass is 9.86. The molecule has 0 spiro atoms. The van der Waals surface area contributed by atoms with Crippen LogP contribution in [0.4, 0.5) is 0 Å². The molecule has 0 saturated heterocycles. The van der Waals surface area contributed by atoms with Gasteiger partial charge in [-0.2, -0.15) is 0 Å². The number of amides is 1. The van der Waals surface area contributed by atoms with Gasteiger partial charge in [0.25, 0.3) is 0 Å². The minimum atomic E-state index is -0.451. The van der Waals surface area contributed by atoms with Crippen LogP contribution in [-0.2, 0) is 4.79 Å². The number of rotatable bonds is 3. The summed E-state index contributed by atoms with van der Waals surface area (Å²) in [6.07, 6.45) is 0.898. The first-order chi connectivity index (χ1) is 6.10. The van der Waals surface area contributed by atoms with Gasteiger partial charge in [0.1, 0.15) is 0 Å². The van der Waals surface area contributed by atoms with Gasteiger partial charge in [-0.05, 0) is 25.7 Å². The lowest BCUT2D eigenvalue weighted by molar-refractivity contribution is -0.126. The molecule has 0 unspecified atom stereocenters. The summed E-state index contributed by atoms with van der Waals surface area (Å²) in [4.78, 5) is 11.7. The van der Waals surface area contributed by atoms with Gasteiger partial charge >= 0.3 is 0 Å². The maximum absolute atomic E-state index is 11.7. The average molecular weight is 200 g/mol. The Hall–Kier alpha value is -0.570. The number of nitrogens with one attached hydrogen (secondary N) is 1. The monoisotopic (exact) mass is 200 g/mol. The van der Waals surface area contributed by atoms with Crippen molar-refractivity contribution in [3.8, 4) is 0 Å². The molecule has 3 heteroatoms. The fourth-order valence-electron chi connectivity index (χ4n) is 0.893. The van der Waals surface area contributed by atoms with Gasteiger partial charge in [-0.1, -0.05) is 27.7 Å². The van der Waals surface area contributed by atoms with E-state index in [2.05, 4.69) is 5.32 Å². The highest BCUT2D eigenvalue weighted by Gasteiger charge is 2.30. The quantitative estimate of drug-likeness (QED) is 0.728. The van der Waals surface area contributed by atoms with E-state index in [1.165, 1.54) is 0 Å². The maximum atomic E-state index is 11.7. The van der Waals surface area contributed by atoms with E-state index in [-0.39, 0.29) is 16.9 Å². The van der Waals surface area contributed by atoms with Gasteiger partial charge in [-0.15, -0.1) is 0 Å². The summed E-state index contributed by atoms with van der Waals surface area (Å²) in [6.45, 7) is 12.0. The standard InChI is InChI=1S/C11H24N2O/c1-7-11(5,6)13-9(14)8(12)10(2,3)4/h8H,7,12H2,1-6H3,(H,13,14)/t8-/m0/s1. The number of nitrogens with two attached hydrogens (primary N) is 1. The van der Waals surface area contributed by atoms with Gasteiger partial charge in [-0.3, -0.25) is 4.79 Å². The molecule has 0 saturated carbocycles. The minimum absolute atomic E-state index is 0.0654. The highest BCUT2D eigenvalue weighted by atomic mass is 16.2. The molecule has 84 valence electrons. The summed E-state index contributed by atoms with van der Waals surface area (Å²) < 4.78 is 0. The average Bonchev–Trinajstić information content (AvgIpc) is 2.00. The second-order valence-electron chi connectivity index (χ2n) is 5.57. The van der Waals surface area contributed by atoms with E-state index in [0.717, 1.165) is 6.42 Å². The molecule has 3 N–H and O–H groups in total. The Labute approximate surface area is 87.4 Å². The van der Waals surface area contributed by atoms with E-state index < -0.39 is 6.04 Å². The van der Waals surface area contributed by atoms with Crippen molar-refractivity contribution in [2.24, 2.45) is 11.1 Å². The van der Waals surface area contributed by atoms with E-state index in [0.29, 0.717) is 0 Å². The van der Waals surface area contributed by atoms with Gasteiger partial charge < -0.3 is 11.1 Å². The molecule has 1 amide bonds. The molecule has 0 rings (SSSR count). The third kappa shape index (κ3) is 4.09. The molecule has 0 aromatic rings. The summed E-state index contributed by atoms with van der Waals surface area (Å²) >= 11 is 0. The Balaban J connectivity index is 4.37. The van der Waals surface area contributed by atoms with Gasteiger partial charge in [0.2, 0.25) is 5.91 Å². The highest BCUT2D eigenvalue weighted by molar-refractivity contribution is 5.82. The summed E-state index contributed by atoms with van der Waals surface area (Å²) in [5.74, 6) is -0.0654. The third-order valence-electron chi connectivity index (χ3n) is 2.56. The predicted molar refractivity (Wildman–Crippen MR) is 59.9 cm³/mol. The smallest absolute Gasteiger partial charge is 0.237 e. The minimum Gasteiger partial charge on any atom is -0.350 e. The van der Waals surface area contributed by atoms with Crippen molar-refractivity contribution < 1.29 is 4.79 Å². The topological polar surface area (TPSA) is 55.1 Å². The van der Waals surface area contributed by atoms with Crippen LogP contribution >= 0.6 is 0 Å². The van der Waals surface area contributed by atoms with Gasteiger partial charge in [0, 0.05) is 5.54 Å². The fourth-order valence-corrected chi connectivity index (χ4v) is 0.893. The van der Waals surface area contributed by atoms with Crippen molar-refractivity contribution in [2.45, 2.75) is 59.5 Å². The second-order valence-corrected chi connectivity index (χ2v) is 5.57. The van der Waals surface area contributed by atoms with Gasteiger partial charge in [-0.25, -0.2) is 0 Å². The summed E-state index contributed by atoms with van der Waals surface area (Å²) in [5, 5.41) is 2.95. The van der Waals surface area contributed by atoms with Gasteiger partial charge in [0.15, 0.2) is 0 Å². The zero-order chi connectivity index (χ0) is 11.6. The largest absolute Gasteiger partial charge is 0.350 e. The summed E-state index contributed by atoms with van der Waals surface area (Å²) in [6, 6.07) is -0.451. The third-order valence-corrected chi connectivity index (χ3v) is 2.56. The molecular formula is C11H24N2O. The number of carbonyl (C=O) groups excluding carboxylic acids is 1.